The third-order valence-electron chi connectivity index (χ3n) is 3.82. The van der Waals surface area contributed by atoms with Gasteiger partial charge in [-0.2, -0.15) is 5.26 Å². The van der Waals surface area contributed by atoms with E-state index in [9.17, 15) is 4.79 Å². The van der Waals surface area contributed by atoms with E-state index in [0.717, 1.165) is 11.4 Å². The fourth-order valence-electron chi connectivity index (χ4n) is 2.60. The highest BCUT2D eigenvalue weighted by Gasteiger charge is 2.11. The summed E-state index contributed by atoms with van der Waals surface area (Å²) in [5.41, 5.74) is 2.67. The Balaban J connectivity index is 1.80. The Morgan fingerprint density at radius 2 is 1.79 bits per heavy atom. The standard InChI is InChI=1S/C22H20N4O2/c1-15(2)28-21-10-6-5-9-20(21)25-18-11-17(13-24-14-18)22(27)26-19-8-4-3-7-16(19)12-23/h3-11,13-15,25H,1-2H3,(H,26,27). The Bertz CT molecular complexity index is 1020. The first-order valence-electron chi connectivity index (χ1n) is 8.85. The van der Waals surface area contributed by atoms with Crippen LogP contribution in [0.3, 0.4) is 0 Å². The molecular weight excluding hydrogens is 352 g/mol. The molecule has 0 atom stereocenters. The van der Waals surface area contributed by atoms with E-state index in [-0.39, 0.29) is 12.0 Å². The molecule has 28 heavy (non-hydrogen) atoms. The van der Waals surface area contributed by atoms with Crippen molar-refractivity contribution in [2.24, 2.45) is 0 Å². The maximum atomic E-state index is 12.6. The number of ether oxygens (including phenoxy) is 1. The zero-order valence-electron chi connectivity index (χ0n) is 15.6. The molecule has 3 rings (SSSR count). The van der Waals surface area contributed by atoms with Crippen molar-refractivity contribution in [3.63, 3.8) is 0 Å². The zero-order chi connectivity index (χ0) is 19.9. The second-order valence-electron chi connectivity index (χ2n) is 6.36. The predicted molar refractivity (Wildman–Crippen MR) is 109 cm³/mol. The van der Waals surface area contributed by atoms with Crippen molar-refractivity contribution in [1.82, 2.24) is 4.98 Å². The number of hydrogen-bond acceptors (Lipinski definition) is 5. The Hall–Kier alpha value is -3.85. The third kappa shape index (κ3) is 4.65. The molecular formula is C22H20N4O2. The third-order valence-corrected chi connectivity index (χ3v) is 3.82. The van der Waals surface area contributed by atoms with E-state index >= 15 is 0 Å². The van der Waals surface area contributed by atoms with Gasteiger partial charge in [0.25, 0.3) is 5.91 Å². The van der Waals surface area contributed by atoms with Crippen molar-refractivity contribution in [2.75, 3.05) is 10.6 Å². The molecule has 0 aliphatic carbocycles. The van der Waals surface area contributed by atoms with Gasteiger partial charge >= 0.3 is 0 Å². The molecule has 0 unspecified atom stereocenters. The molecule has 0 saturated carbocycles. The van der Waals surface area contributed by atoms with Crippen LogP contribution in [0.1, 0.15) is 29.8 Å². The second-order valence-corrected chi connectivity index (χ2v) is 6.36. The SMILES string of the molecule is CC(C)Oc1ccccc1Nc1cncc(C(=O)Nc2ccccc2C#N)c1. The molecule has 140 valence electrons. The number of nitrogens with one attached hydrogen (secondary N) is 2. The molecule has 0 aliphatic rings. The van der Waals surface area contributed by atoms with E-state index < -0.39 is 0 Å². The van der Waals surface area contributed by atoms with Gasteiger partial charge in [-0.1, -0.05) is 24.3 Å². The normalized spacial score (nSPS) is 10.2. The summed E-state index contributed by atoms with van der Waals surface area (Å²) in [6.07, 6.45) is 3.15. The number of aromatic nitrogens is 1. The Labute approximate surface area is 163 Å². The lowest BCUT2D eigenvalue weighted by atomic mass is 10.1. The molecule has 6 heteroatoms. The maximum Gasteiger partial charge on any atom is 0.257 e. The number of rotatable bonds is 6. The number of pyridine rings is 1. The van der Waals surface area contributed by atoms with Gasteiger partial charge in [0, 0.05) is 6.20 Å². The quantitative estimate of drug-likeness (QED) is 0.653. The van der Waals surface area contributed by atoms with Crippen LogP contribution in [-0.2, 0) is 0 Å². The van der Waals surface area contributed by atoms with Gasteiger partial charge in [0.05, 0.1) is 40.5 Å². The molecule has 0 radical (unpaired) electrons. The number of nitrogens with zero attached hydrogens (tertiary/aromatic N) is 2. The number of carbonyl (C=O) groups excluding carboxylic acids is 1. The summed E-state index contributed by atoms with van der Waals surface area (Å²) >= 11 is 0. The molecule has 3 aromatic rings. The van der Waals surface area contributed by atoms with Gasteiger partial charge in [-0.25, -0.2) is 0 Å². The van der Waals surface area contributed by atoms with Crippen molar-refractivity contribution in [3.05, 3.63) is 78.1 Å². The topological polar surface area (TPSA) is 87.0 Å². The van der Waals surface area contributed by atoms with E-state index in [1.165, 1.54) is 6.20 Å². The summed E-state index contributed by atoms with van der Waals surface area (Å²) in [4.78, 5) is 16.7. The molecule has 0 aliphatic heterocycles. The first kappa shape index (κ1) is 18.9. The Morgan fingerprint density at radius 1 is 1.07 bits per heavy atom. The van der Waals surface area contributed by atoms with Crippen molar-refractivity contribution in [3.8, 4) is 11.8 Å². The maximum absolute atomic E-state index is 12.6. The zero-order valence-corrected chi connectivity index (χ0v) is 15.6. The van der Waals surface area contributed by atoms with Gasteiger partial charge in [0.1, 0.15) is 11.8 Å². The first-order valence-corrected chi connectivity index (χ1v) is 8.85. The fourth-order valence-corrected chi connectivity index (χ4v) is 2.60. The summed E-state index contributed by atoms with van der Waals surface area (Å²) in [5, 5.41) is 15.2. The number of anilines is 3. The molecule has 0 spiro atoms. The molecule has 0 bridgehead atoms. The van der Waals surface area contributed by atoms with Gasteiger partial charge in [-0.15, -0.1) is 0 Å². The van der Waals surface area contributed by atoms with Crippen LogP contribution in [0, 0.1) is 11.3 Å². The van der Waals surface area contributed by atoms with Gasteiger partial charge in [-0.05, 0) is 44.2 Å². The highest BCUT2D eigenvalue weighted by atomic mass is 16.5. The lowest BCUT2D eigenvalue weighted by molar-refractivity contribution is 0.102. The average molecular weight is 372 g/mol. The van der Waals surface area contributed by atoms with Gasteiger partial charge in [-0.3, -0.25) is 9.78 Å². The second kappa shape index (κ2) is 8.69. The van der Waals surface area contributed by atoms with Crippen LogP contribution < -0.4 is 15.4 Å². The highest BCUT2D eigenvalue weighted by Crippen LogP contribution is 2.28. The lowest BCUT2D eigenvalue weighted by Gasteiger charge is -2.15. The minimum absolute atomic E-state index is 0.0402. The van der Waals surface area contributed by atoms with Gasteiger partial charge < -0.3 is 15.4 Å². The molecule has 1 aromatic heterocycles. The molecule has 0 fully saturated rings. The fraction of sp³-hybridized carbons (Fsp3) is 0.136. The largest absolute Gasteiger partial charge is 0.489 e. The molecule has 1 heterocycles. The number of amides is 1. The molecule has 6 nitrogen and oxygen atoms in total. The smallest absolute Gasteiger partial charge is 0.257 e. The molecule has 0 saturated heterocycles. The van der Waals surface area contributed by atoms with Crippen molar-refractivity contribution in [1.29, 1.82) is 5.26 Å². The van der Waals surface area contributed by atoms with E-state index in [0.29, 0.717) is 22.5 Å². The lowest BCUT2D eigenvalue weighted by Crippen LogP contribution is -2.13. The van der Waals surface area contributed by atoms with Crippen molar-refractivity contribution in [2.45, 2.75) is 20.0 Å². The van der Waals surface area contributed by atoms with Crippen LogP contribution in [0.2, 0.25) is 0 Å². The summed E-state index contributed by atoms with van der Waals surface area (Å²) in [6.45, 7) is 3.92. The minimum Gasteiger partial charge on any atom is -0.489 e. The number of benzene rings is 2. The van der Waals surface area contributed by atoms with Crippen molar-refractivity contribution >= 4 is 23.0 Å². The summed E-state index contributed by atoms with van der Waals surface area (Å²) < 4.78 is 5.81. The van der Waals surface area contributed by atoms with Crippen LogP contribution in [0.5, 0.6) is 5.75 Å². The molecule has 2 N–H and O–H groups in total. The van der Waals surface area contributed by atoms with Crippen LogP contribution in [0.4, 0.5) is 17.1 Å². The van der Waals surface area contributed by atoms with Crippen LogP contribution in [0.15, 0.2) is 67.0 Å². The van der Waals surface area contributed by atoms with E-state index in [4.69, 9.17) is 10.00 Å². The number of hydrogen-bond donors (Lipinski definition) is 2. The van der Waals surface area contributed by atoms with Crippen molar-refractivity contribution < 1.29 is 9.53 Å². The summed E-state index contributed by atoms with van der Waals surface area (Å²) in [6, 6.07) is 18.2. The van der Waals surface area contributed by atoms with Crippen LogP contribution in [0.25, 0.3) is 0 Å². The highest BCUT2D eigenvalue weighted by molar-refractivity contribution is 6.05. The summed E-state index contributed by atoms with van der Waals surface area (Å²) in [5.74, 6) is 0.376. The number of nitriles is 1. The predicted octanol–water partition coefficient (Wildman–Crippen LogP) is 4.74. The van der Waals surface area contributed by atoms with E-state index in [1.807, 2.05) is 38.1 Å². The minimum atomic E-state index is -0.342. The molecule has 1 amide bonds. The number of carbonyl (C=O) groups is 1. The average Bonchev–Trinajstić information content (AvgIpc) is 2.70. The van der Waals surface area contributed by atoms with Gasteiger partial charge in [0.15, 0.2) is 0 Å². The first-order chi connectivity index (χ1) is 13.6. The monoisotopic (exact) mass is 372 g/mol. The van der Waals surface area contributed by atoms with Crippen LogP contribution >= 0.6 is 0 Å². The number of para-hydroxylation sites is 3. The van der Waals surface area contributed by atoms with E-state index in [1.54, 1.807) is 36.5 Å². The summed E-state index contributed by atoms with van der Waals surface area (Å²) in [7, 11) is 0. The Kier molecular flexibility index (Phi) is 5.87. The van der Waals surface area contributed by atoms with Gasteiger partial charge in [0.2, 0.25) is 0 Å². The Morgan fingerprint density at radius 3 is 2.54 bits per heavy atom. The molecule has 2 aromatic carbocycles. The van der Waals surface area contributed by atoms with Crippen LogP contribution in [-0.4, -0.2) is 17.0 Å². The van der Waals surface area contributed by atoms with E-state index in [2.05, 4.69) is 21.7 Å².